The summed E-state index contributed by atoms with van der Waals surface area (Å²) in [4.78, 5) is 4.16. The predicted molar refractivity (Wildman–Crippen MR) is 66.6 cm³/mol. The van der Waals surface area contributed by atoms with Crippen molar-refractivity contribution in [2.75, 3.05) is 11.9 Å². The first-order chi connectivity index (χ1) is 8.31. The average Bonchev–Trinajstić information content (AvgIpc) is 2.76. The van der Waals surface area contributed by atoms with Crippen molar-refractivity contribution in [3.8, 4) is 6.07 Å². The Morgan fingerprint density at radius 2 is 2.24 bits per heavy atom. The molecule has 1 heterocycles. The number of rotatable bonds is 4. The van der Waals surface area contributed by atoms with E-state index < -0.39 is 0 Å². The molecular formula is C13H14N4. The number of aromatic nitrogens is 2. The lowest BCUT2D eigenvalue weighted by Gasteiger charge is -2.09. The highest BCUT2D eigenvalue weighted by atomic mass is 15.1. The molecule has 2 aromatic rings. The van der Waals surface area contributed by atoms with Crippen molar-refractivity contribution >= 4 is 5.69 Å². The van der Waals surface area contributed by atoms with Crippen molar-refractivity contribution < 1.29 is 0 Å². The lowest BCUT2D eigenvalue weighted by atomic mass is 10.2. The van der Waals surface area contributed by atoms with Gasteiger partial charge in [-0.05, 0) is 19.1 Å². The van der Waals surface area contributed by atoms with E-state index in [0.29, 0.717) is 5.56 Å². The van der Waals surface area contributed by atoms with Gasteiger partial charge in [0, 0.05) is 25.5 Å². The second kappa shape index (κ2) is 5.17. The van der Waals surface area contributed by atoms with Crippen molar-refractivity contribution in [1.29, 1.82) is 5.26 Å². The Balaban J connectivity index is 1.95. The van der Waals surface area contributed by atoms with E-state index in [4.69, 9.17) is 5.26 Å². The van der Waals surface area contributed by atoms with Crippen LogP contribution in [0.1, 0.15) is 11.4 Å². The minimum Gasteiger partial charge on any atom is -0.382 e. The fourth-order valence-corrected chi connectivity index (χ4v) is 1.69. The van der Waals surface area contributed by atoms with E-state index in [1.807, 2.05) is 37.4 Å². The molecule has 0 atom stereocenters. The number of benzene rings is 1. The number of anilines is 1. The maximum atomic E-state index is 8.94. The van der Waals surface area contributed by atoms with Gasteiger partial charge in [0.05, 0.1) is 11.3 Å². The predicted octanol–water partition coefficient (Wildman–Crippen LogP) is 2.18. The SMILES string of the molecule is Cc1nccn1CCNc1ccccc1C#N. The first kappa shape index (κ1) is 11.2. The summed E-state index contributed by atoms with van der Waals surface area (Å²) in [5, 5.41) is 12.2. The Kier molecular flexibility index (Phi) is 3.41. The molecule has 0 saturated carbocycles. The van der Waals surface area contributed by atoms with Crippen LogP contribution in [0.25, 0.3) is 0 Å². The van der Waals surface area contributed by atoms with Gasteiger partial charge < -0.3 is 9.88 Å². The third kappa shape index (κ3) is 2.64. The Bertz CT molecular complexity index is 536. The molecule has 0 aliphatic heterocycles. The van der Waals surface area contributed by atoms with Crippen LogP contribution in [0.5, 0.6) is 0 Å². The quantitative estimate of drug-likeness (QED) is 0.869. The lowest BCUT2D eigenvalue weighted by Crippen LogP contribution is -2.11. The molecule has 0 unspecified atom stereocenters. The molecule has 0 bridgehead atoms. The molecule has 86 valence electrons. The number of hydrogen-bond acceptors (Lipinski definition) is 3. The molecule has 4 nitrogen and oxygen atoms in total. The zero-order valence-corrected chi connectivity index (χ0v) is 9.72. The van der Waals surface area contributed by atoms with Gasteiger partial charge in [0.1, 0.15) is 11.9 Å². The van der Waals surface area contributed by atoms with Crippen LogP contribution >= 0.6 is 0 Å². The molecular weight excluding hydrogens is 212 g/mol. The highest BCUT2D eigenvalue weighted by Crippen LogP contribution is 2.12. The van der Waals surface area contributed by atoms with E-state index in [1.165, 1.54) is 0 Å². The topological polar surface area (TPSA) is 53.6 Å². The summed E-state index contributed by atoms with van der Waals surface area (Å²) < 4.78 is 2.07. The summed E-state index contributed by atoms with van der Waals surface area (Å²) in [7, 11) is 0. The number of nitrogens with zero attached hydrogens (tertiary/aromatic N) is 3. The molecule has 0 aliphatic rings. The Morgan fingerprint density at radius 3 is 2.94 bits per heavy atom. The summed E-state index contributed by atoms with van der Waals surface area (Å²) in [5.74, 6) is 1.00. The van der Waals surface area contributed by atoms with Gasteiger partial charge in [-0.2, -0.15) is 5.26 Å². The summed E-state index contributed by atoms with van der Waals surface area (Å²) in [5.41, 5.74) is 1.56. The summed E-state index contributed by atoms with van der Waals surface area (Å²) in [6.07, 6.45) is 3.74. The van der Waals surface area contributed by atoms with Crippen LogP contribution in [0.3, 0.4) is 0 Å². The Morgan fingerprint density at radius 1 is 1.41 bits per heavy atom. The monoisotopic (exact) mass is 226 g/mol. The number of nitriles is 1. The third-order valence-electron chi connectivity index (χ3n) is 2.64. The van der Waals surface area contributed by atoms with Crippen molar-refractivity contribution in [2.45, 2.75) is 13.5 Å². The third-order valence-corrected chi connectivity index (χ3v) is 2.64. The standard InChI is InChI=1S/C13H14N4/c1-11-15-6-8-17(11)9-7-16-13-5-3-2-4-12(13)10-14/h2-6,8,16H,7,9H2,1H3. The highest BCUT2D eigenvalue weighted by Gasteiger charge is 2.00. The first-order valence-electron chi connectivity index (χ1n) is 5.52. The Hall–Kier alpha value is -2.28. The Labute approximate surface area is 101 Å². The smallest absolute Gasteiger partial charge is 0.105 e. The minimum atomic E-state index is 0.676. The largest absolute Gasteiger partial charge is 0.382 e. The molecule has 1 N–H and O–H groups in total. The van der Waals surface area contributed by atoms with Gasteiger partial charge in [0.25, 0.3) is 0 Å². The molecule has 17 heavy (non-hydrogen) atoms. The van der Waals surface area contributed by atoms with Crippen LogP contribution in [0.15, 0.2) is 36.7 Å². The van der Waals surface area contributed by atoms with Crippen LogP contribution in [-0.4, -0.2) is 16.1 Å². The van der Waals surface area contributed by atoms with Crippen molar-refractivity contribution in [3.63, 3.8) is 0 Å². The summed E-state index contributed by atoms with van der Waals surface area (Å²) in [6.45, 7) is 3.59. The fourth-order valence-electron chi connectivity index (χ4n) is 1.69. The molecule has 0 spiro atoms. The van der Waals surface area contributed by atoms with Gasteiger partial charge in [-0.15, -0.1) is 0 Å². The van der Waals surface area contributed by atoms with E-state index >= 15 is 0 Å². The second-order valence-corrected chi connectivity index (χ2v) is 3.75. The van der Waals surface area contributed by atoms with Crippen LogP contribution in [0, 0.1) is 18.3 Å². The number of nitrogens with one attached hydrogen (secondary N) is 1. The van der Waals surface area contributed by atoms with Crippen molar-refractivity contribution in [1.82, 2.24) is 9.55 Å². The van der Waals surface area contributed by atoms with Crippen LogP contribution in [-0.2, 0) is 6.54 Å². The fraction of sp³-hybridized carbons (Fsp3) is 0.231. The molecule has 1 aromatic heterocycles. The molecule has 0 amide bonds. The molecule has 0 fully saturated rings. The number of hydrogen-bond donors (Lipinski definition) is 1. The maximum Gasteiger partial charge on any atom is 0.105 e. The average molecular weight is 226 g/mol. The summed E-state index contributed by atoms with van der Waals surface area (Å²) in [6, 6.07) is 9.68. The first-order valence-corrected chi connectivity index (χ1v) is 5.52. The second-order valence-electron chi connectivity index (χ2n) is 3.75. The van der Waals surface area contributed by atoms with Gasteiger partial charge in [-0.3, -0.25) is 0 Å². The zero-order chi connectivity index (χ0) is 12.1. The van der Waals surface area contributed by atoms with Crippen LogP contribution < -0.4 is 5.32 Å². The van der Waals surface area contributed by atoms with Gasteiger partial charge in [0.15, 0.2) is 0 Å². The highest BCUT2D eigenvalue weighted by molar-refractivity contribution is 5.56. The molecule has 4 heteroatoms. The van der Waals surface area contributed by atoms with Crippen LogP contribution in [0.4, 0.5) is 5.69 Å². The number of imidazole rings is 1. The van der Waals surface area contributed by atoms with E-state index in [0.717, 1.165) is 24.6 Å². The zero-order valence-electron chi connectivity index (χ0n) is 9.72. The van der Waals surface area contributed by atoms with E-state index in [9.17, 15) is 0 Å². The van der Waals surface area contributed by atoms with Crippen LogP contribution in [0.2, 0.25) is 0 Å². The lowest BCUT2D eigenvalue weighted by molar-refractivity contribution is 0.701. The molecule has 2 rings (SSSR count). The number of aryl methyl sites for hydroxylation is 1. The van der Waals surface area contributed by atoms with E-state index in [1.54, 1.807) is 6.20 Å². The van der Waals surface area contributed by atoms with Gasteiger partial charge in [-0.1, -0.05) is 12.1 Å². The van der Waals surface area contributed by atoms with Gasteiger partial charge >= 0.3 is 0 Å². The minimum absolute atomic E-state index is 0.676. The molecule has 0 saturated heterocycles. The maximum absolute atomic E-state index is 8.94. The van der Waals surface area contributed by atoms with Gasteiger partial charge in [-0.25, -0.2) is 4.98 Å². The van der Waals surface area contributed by atoms with E-state index in [2.05, 4.69) is 20.9 Å². The van der Waals surface area contributed by atoms with E-state index in [-0.39, 0.29) is 0 Å². The van der Waals surface area contributed by atoms with Crippen molar-refractivity contribution in [3.05, 3.63) is 48.0 Å². The summed E-state index contributed by atoms with van der Waals surface area (Å²) >= 11 is 0. The molecule has 0 radical (unpaired) electrons. The number of para-hydroxylation sites is 1. The molecule has 1 aromatic carbocycles. The normalized spacial score (nSPS) is 9.88. The molecule has 0 aliphatic carbocycles. The van der Waals surface area contributed by atoms with Gasteiger partial charge in [0.2, 0.25) is 0 Å². The van der Waals surface area contributed by atoms with Crippen molar-refractivity contribution in [2.24, 2.45) is 0 Å².